The second-order valence-corrected chi connectivity index (χ2v) is 4.69. The minimum absolute atomic E-state index is 0.230. The van der Waals surface area contributed by atoms with Crippen LogP contribution in [0.1, 0.15) is 29.7 Å². The van der Waals surface area contributed by atoms with Crippen LogP contribution in [-0.4, -0.2) is 5.11 Å². The lowest BCUT2D eigenvalue weighted by Crippen LogP contribution is -2.05. The molecule has 1 atom stereocenters. The topological polar surface area (TPSA) is 32.3 Å². The lowest BCUT2D eigenvalue weighted by molar-refractivity contribution is 0.200. The average Bonchev–Trinajstić information content (AvgIpc) is 2.40. The summed E-state index contributed by atoms with van der Waals surface area (Å²) in [6.45, 7) is 4.22. The van der Waals surface area contributed by atoms with Gasteiger partial charge in [-0.25, -0.2) is 4.39 Å². The molecule has 2 N–H and O–H groups in total. The second-order valence-electron chi connectivity index (χ2n) is 4.69. The summed E-state index contributed by atoms with van der Waals surface area (Å²) in [6.07, 6.45) is -0.530. The molecule has 2 rings (SSSR count). The highest BCUT2D eigenvalue weighted by atomic mass is 19.1. The molecule has 2 nitrogen and oxygen atoms in total. The minimum atomic E-state index is -0.530. The highest BCUT2D eigenvalue weighted by Crippen LogP contribution is 2.23. The average molecular weight is 259 g/mol. The number of halogens is 1. The Hall–Kier alpha value is -1.87. The Morgan fingerprint density at radius 2 is 1.95 bits per heavy atom. The van der Waals surface area contributed by atoms with E-state index in [9.17, 15) is 9.50 Å². The minimum Gasteiger partial charge on any atom is -0.389 e. The molecule has 2 aromatic carbocycles. The van der Waals surface area contributed by atoms with Crippen molar-refractivity contribution in [2.75, 3.05) is 5.32 Å². The molecule has 0 aliphatic carbocycles. The van der Waals surface area contributed by atoms with Crippen molar-refractivity contribution in [2.45, 2.75) is 26.5 Å². The molecular formula is C16H18FNO. The van der Waals surface area contributed by atoms with Crippen LogP contribution in [-0.2, 0) is 6.54 Å². The second kappa shape index (κ2) is 5.85. The van der Waals surface area contributed by atoms with E-state index in [1.54, 1.807) is 13.0 Å². The molecule has 0 heterocycles. The van der Waals surface area contributed by atoms with Gasteiger partial charge in [-0.2, -0.15) is 0 Å². The maximum Gasteiger partial charge on any atom is 0.123 e. The van der Waals surface area contributed by atoms with Crippen LogP contribution in [0.4, 0.5) is 10.1 Å². The number of rotatable bonds is 4. The molecule has 3 heteroatoms. The van der Waals surface area contributed by atoms with Crippen LogP contribution in [0, 0.1) is 12.7 Å². The predicted molar refractivity (Wildman–Crippen MR) is 75.5 cm³/mol. The molecule has 0 amide bonds. The molecule has 2 aromatic rings. The molecule has 0 aliphatic heterocycles. The lowest BCUT2D eigenvalue weighted by atomic mass is 10.1. The molecule has 0 bridgehead atoms. The third-order valence-electron chi connectivity index (χ3n) is 3.19. The van der Waals surface area contributed by atoms with Crippen LogP contribution in [0.15, 0.2) is 42.5 Å². The number of hydrogen-bond donors (Lipinski definition) is 2. The first-order valence-electron chi connectivity index (χ1n) is 6.34. The fourth-order valence-electron chi connectivity index (χ4n) is 2.04. The van der Waals surface area contributed by atoms with Crippen LogP contribution in [0.2, 0.25) is 0 Å². The first kappa shape index (κ1) is 13.6. The zero-order valence-electron chi connectivity index (χ0n) is 11.2. The molecule has 0 saturated heterocycles. The molecule has 0 fully saturated rings. The molecule has 0 radical (unpaired) electrons. The Morgan fingerprint density at radius 1 is 1.21 bits per heavy atom. The van der Waals surface area contributed by atoms with Gasteiger partial charge in [0.05, 0.1) is 6.10 Å². The van der Waals surface area contributed by atoms with E-state index in [1.165, 1.54) is 12.1 Å². The van der Waals surface area contributed by atoms with Gasteiger partial charge < -0.3 is 10.4 Å². The molecule has 0 aromatic heterocycles. The van der Waals surface area contributed by atoms with Crippen LogP contribution in [0.5, 0.6) is 0 Å². The maximum absolute atomic E-state index is 13.2. The van der Waals surface area contributed by atoms with Gasteiger partial charge in [-0.05, 0) is 43.2 Å². The standard InChI is InChI=1S/C16H18FNO/c1-11-7-8-14(17)9-13(11)10-18-16-6-4-3-5-15(16)12(2)19/h3-9,12,18-19H,10H2,1-2H3. The molecule has 0 spiro atoms. The zero-order chi connectivity index (χ0) is 13.8. The van der Waals surface area contributed by atoms with E-state index in [-0.39, 0.29) is 5.82 Å². The van der Waals surface area contributed by atoms with Gasteiger partial charge in [-0.3, -0.25) is 0 Å². The molecule has 1 unspecified atom stereocenters. The Bertz CT molecular complexity index is 566. The fourth-order valence-corrected chi connectivity index (χ4v) is 2.04. The smallest absolute Gasteiger partial charge is 0.123 e. The number of benzene rings is 2. The highest BCUT2D eigenvalue weighted by molar-refractivity contribution is 5.52. The molecule has 100 valence electrons. The SMILES string of the molecule is Cc1ccc(F)cc1CNc1ccccc1C(C)O. The Kier molecular flexibility index (Phi) is 4.17. The summed E-state index contributed by atoms with van der Waals surface area (Å²) < 4.78 is 13.2. The fraction of sp³-hybridized carbons (Fsp3) is 0.250. The van der Waals surface area contributed by atoms with Gasteiger partial charge in [-0.15, -0.1) is 0 Å². The Balaban J connectivity index is 2.17. The van der Waals surface area contributed by atoms with Crippen molar-refractivity contribution in [3.8, 4) is 0 Å². The predicted octanol–water partition coefficient (Wildman–Crippen LogP) is 3.80. The van der Waals surface area contributed by atoms with Crippen molar-refractivity contribution in [2.24, 2.45) is 0 Å². The van der Waals surface area contributed by atoms with Gasteiger partial charge in [0.2, 0.25) is 0 Å². The summed E-state index contributed by atoms with van der Waals surface area (Å²) in [4.78, 5) is 0. The third kappa shape index (κ3) is 3.32. The van der Waals surface area contributed by atoms with E-state index in [0.717, 1.165) is 22.4 Å². The molecule has 0 aliphatic rings. The summed E-state index contributed by atoms with van der Waals surface area (Å²) >= 11 is 0. The van der Waals surface area contributed by atoms with Gasteiger partial charge >= 0.3 is 0 Å². The van der Waals surface area contributed by atoms with Crippen molar-refractivity contribution in [1.82, 2.24) is 0 Å². The molecule has 19 heavy (non-hydrogen) atoms. The quantitative estimate of drug-likeness (QED) is 0.875. The normalized spacial score (nSPS) is 12.2. The molecule has 0 saturated carbocycles. The van der Waals surface area contributed by atoms with E-state index >= 15 is 0 Å². The largest absolute Gasteiger partial charge is 0.389 e. The van der Waals surface area contributed by atoms with Crippen LogP contribution in [0.25, 0.3) is 0 Å². The van der Waals surface area contributed by atoms with Crippen molar-refractivity contribution in [3.63, 3.8) is 0 Å². The van der Waals surface area contributed by atoms with Crippen LogP contribution >= 0.6 is 0 Å². The van der Waals surface area contributed by atoms with E-state index in [2.05, 4.69) is 5.32 Å². The number of hydrogen-bond acceptors (Lipinski definition) is 2. The maximum atomic E-state index is 13.2. The summed E-state index contributed by atoms with van der Waals surface area (Å²) in [5.74, 6) is -0.230. The number of nitrogens with one attached hydrogen (secondary N) is 1. The van der Waals surface area contributed by atoms with Crippen molar-refractivity contribution in [3.05, 3.63) is 65.0 Å². The van der Waals surface area contributed by atoms with Gasteiger partial charge in [0.25, 0.3) is 0 Å². The first-order valence-corrected chi connectivity index (χ1v) is 6.34. The van der Waals surface area contributed by atoms with Crippen molar-refractivity contribution < 1.29 is 9.50 Å². The Morgan fingerprint density at radius 3 is 2.68 bits per heavy atom. The lowest BCUT2D eigenvalue weighted by Gasteiger charge is -2.15. The van der Waals surface area contributed by atoms with Gasteiger partial charge in [0.15, 0.2) is 0 Å². The zero-order valence-corrected chi connectivity index (χ0v) is 11.2. The van der Waals surface area contributed by atoms with Crippen molar-refractivity contribution >= 4 is 5.69 Å². The van der Waals surface area contributed by atoms with Crippen molar-refractivity contribution in [1.29, 1.82) is 0 Å². The summed E-state index contributed by atoms with van der Waals surface area (Å²) in [5, 5.41) is 13.0. The summed E-state index contributed by atoms with van der Waals surface area (Å²) in [6, 6.07) is 12.4. The van der Waals surface area contributed by atoms with Gasteiger partial charge in [-0.1, -0.05) is 24.3 Å². The van der Waals surface area contributed by atoms with E-state index < -0.39 is 6.10 Å². The number of aryl methyl sites for hydroxylation is 1. The summed E-state index contributed by atoms with van der Waals surface area (Å²) in [7, 11) is 0. The molecular weight excluding hydrogens is 241 g/mol. The van der Waals surface area contributed by atoms with E-state index in [1.807, 2.05) is 31.2 Å². The van der Waals surface area contributed by atoms with E-state index in [0.29, 0.717) is 6.54 Å². The van der Waals surface area contributed by atoms with E-state index in [4.69, 9.17) is 0 Å². The van der Waals surface area contributed by atoms with Crippen LogP contribution < -0.4 is 5.32 Å². The Labute approximate surface area is 112 Å². The van der Waals surface area contributed by atoms with Gasteiger partial charge in [0.1, 0.15) is 5.82 Å². The van der Waals surface area contributed by atoms with Gasteiger partial charge in [0, 0.05) is 17.8 Å². The third-order valence-corrected chi connectivity index (χ3v) is 3.19. The number of aliphatic hydroxyl groups excluding tert-OH is 1. The monoisotopic (exact) mass is 259 g/mol. The number of para-hydroxylation sites is 1. The summed E-state index contributed by atoms with van der Waals surface area (Å²) in [5.41, 5.74) is 3.68. The first-order chi connectivity index (χ1) is 9.08. The van der Waals surface area contributed by atoms with Crippen LogP contribution in [0.3, 0.4) is 0 Å². The highest BCUT2D eigenvalue weighted by Gasteiger charge is 2.07. The number of anilines is 1. The number of aliphatic hydroxyl groups is 1.